The van der Waals surface area contributed by atoms with Crippen molar-refractivity contribution in [1.82, 2.24) is 4.90 Å². The Bertz CT molecular complexity index is 815. The first kappa shape index (κ1) is 24.3. The van der Waals surface area contributed by atoms with Gasteiger partial charge in [0, 0.05) is 37.9 Å². The fraction of sp³-hybridized carbons (Fsp3) is 0.696. The van der Waals surface area contributed by atoms with Crippen LogP contribution in [0, 0.1) is 5.92 Å². The Balaban J connectivity index is 1.81. The summed E-state index contributed by atoms with van der Waals surface area (Å²) >= 11 is 0. The molecule has 6 nitrogen and oxygen atoms in total. The highest BCUT2D eigenvalue weighted by Crippen LogP contribution is 2.42. The molecule has 2 aliphatic heterocycles. The second-order valence-electron chi connectivity index (χ2n) is 9.72. The van der Waals surface area contributed by atoms with Gasteiger partial charge in [0.15, 0.2) is 0 Å². The van der Waals surface area contributed by atoms with Crippen LogP contribution >= 0.6 is 0 Å². The van der Waals surface area contributed by atoms with Gasteiger partial charge in [0.05, 0.1) is 18.7 Å². The fourth-order valence-electron chi connectivity index (χ4n) is 4.54. The fourth-order valence-corrected chi connectivity index (χ4v) is 4.54. The van der Waals surface area contributed by atoms with Crippen LogP contribution in [-0.2, 0) is 4.74 Å². The molecular formula is C23H34F3N3O3. The third-order valence-corrected chi connectivity index (χ3v) is 6.19. The Hall–Kier alpha value is -2.32. The molecular weight excluding hydrogens is 423 g/mol. The second kappa shape index (κ2) is 9.27. The topological polar surface area (TPSA) is 68.0 Å². The summed E-state index contributed by atoms with van der Waals surface area (Å²) in [6.07, 6.45) is -2.55. The van der Waals surface area contributed by atoms with Gasteiger partial charge in [-0.05, 0) is 64.0 Å². The molecule has 0 bridgehead atoms. The number of carbonyl (C=O) groups excluding carboxylic acids is 1. The first-order chi connectivity index (χ1) is 14.9. The first-order valence-electron chi connectivity index (χ1n) is 11.2. The number of hydrogen-bond acceptors (Lipinski definition) is 5. The summed E-state index contributed by atoms with van der Waals surface area (Å²) in [6.45, 7) is 7.03. The maximum atomic E-state index is 13.4. The van der Waals surface area contributed by atoms with Crippen molar-refractivity contribution in [2.24, 2.45) is 5.92 Å². The summed E-state index contributed by atoms with van der Waals surface area (Å²) in [4.78, 5) is 15.9. The number of anilines is 2. The van der Waals surface area contributed by atoms with E-state index in [9.17, 15) is 18.0 Å². The molecule has 0 radical (unpaired) electrons. The molecule has 2 saturated heterocycles. The van der Waals surface area contributed by atoms with Gasteiger partial charge in [-0.15, -0.1) is 0 Å². The van der Waals surface area contributed by atoms with Crippen LogP contribution < -0.4 is 15.4 Å². The van der Waals surface area contributed by atoms with Crippen molar-refractivity contribution in [2.45, 2.75) is 64.1 Å². The van der Waals surface area contributed by atoms with Crippen molar-refractivity contribution in [2.75, 3.05) is 43.9 Å². The summed E-state index contributed by atoms with van der Waals surface area (Å²) < 4.78 is 51.1. The molecule has 1 atom stereocenters. The van der Waals surface area contributed by atoms with E-state index in [-0.39, 0.29) is 25.0 Å². The molecule has 2 heterocycles. The lowest BCUT2D eigenvalue weighted by molar-refractivity contribution is -0.176. The molecule has 9 heteroatoms. The van der Waals surface area contributed by atoms with Gasteiger partial charge in [-0.1, -0.05) is 0 Å². The molecule has 3 rings (SSSR count). The van der Waals surface area contributed by atoms with E-state index in [0.29, 0.717) is 50.3 Å². The number of carbonyl (C=O) groups is 1. The molecule has 1 aromatic carbocycles. The number of alkyl halides is 3. The number of nitrogens with two attached hydrogens (primary N) is 1. The molecule has 32 heavy (non-hydrogen) atoms. The molecule has 0 spiro atoms. The lowest BCUT2D eigenvalue weighted by atomic mass is 9.86. The summed E-state index contributed by atoms with van der Waals surface area (Å²) in [5, 5.41) is 0. The number of rotatable bonds is 3. The molecule has 2 fully saturated rings. The molecule has 2 aliphatic rings. The zero-order valence-electron chi connectivity index (χ0n) is 19.3. The Morgan fingerprint density at radius 2 is 1.75 bits per heavy atom. The Labute approximate surface area is 187 Å². The van der Waals surface area contributed by atoms with Crippen LogP contribution in [0.15, 0.2) is 12.1 Å². The zero-order chi connectivity index (χ0) is 23.7. The van der Waals surface area contributed by atoms with Gasteiger partial charge in [0.1, 0.15) is 11.4 Å². The Morgan fingerprint density at radius 1 is 1.09 bits per heavy atom. The summed E-state index contributed by atoms with van der Waals surface area (Å²) in [5.41, 5.74) is 7.75. The van der Waals surface area contributed by atoms with Crippen LogP contribution in [0.2, 0.25) is 0 Å². The van der Waals surface area contributed by atoms with Crippen molar-refractivity contribution >= 4 is 17.5 Å². The van der Waals surface area contributed by atoms with E-state index in [1.165, 1.54) is 7.11 Å². The molecule has 1 unspecified atom stereocenters. The maximum absolute atomic E-state index is 13.4. The number of methoxy groups -OCH3 is 1. The number of halogens is 3. The van der Waals surface area contributed by atoms with Crippen LogP contribution in [-0.4, -0.2) is 56.1 Å². The number of likely N-dealkylation sites (tertiary alicyclic amines) is 1. The zero-order valence-corrected chi connectivity index (χ0v) is 19.3. The lowest BCUT2D eigenvalue weighted by Crippen LogP contribution is -2.43. The normalized spacial score (nSPS) is 20.9. The quantitative estimate of drug-likeness (QED) is 0.634. The van der Waals surface area contributed by atoms with E-state index >= 15 is 0 Å². The standard InChI is InChI=1S/C23H34F3N3O3/c1-22(2,3)32-21(30)28-10-7-15(8-11-28)17-12-18(27)20(31-4)13-19(17)29-9-5-6-16(14-29)23(24,25)26/h12-13,15-16H,5-11,14,27H2,1-4H3. The predicted molar refractivity (Wildman–Crippen MR) is 118 cm³/mol. The van der Waals surface area contributed by atoms with Crippen molar-refractivity contribution in [3.05, 3.63) is 17.7 Å². The van der Waals surface area contributed by atoms with Gasteiger partial charge in [-0.2, -0.15) is 13.2 Å². The predicted octanol–water partition coefficient (Wildman–Crippen LogP) is 5.17. The first-order valence-corrected chi connectivity index (χ1v) is 11.2. The summed E-state index contributed by atoms with van der Waals surface area (Å²) in [6, 6.07) is 3.60. The SMILES string of the molecule is COc1cc(N2CCCC(C(F)(F)F)C2)c(C2CCN(C(=O)OC(C)(C)C)CC2)cc1N. The molecule has 0 aliphatic carbocycles. The van der Waals surface area contributed by atoms with Crippen LogP contribution in [0.4, 0.5) is 29.3 Å². The average Bonchev–Trinajstić information content (AvgIpc) is 2.72. The molecule has 1 aromatic rings. The van der Waals surface area contributed by atoms with Crippen molar-refractivity contribution < 1.29 is 27.4 Å². The van der Waals surface area contributed by atoms with Crippen molar-refractivity contribution in [3.63, 3.8) is 0 Å². The number of amides is 1. The number of benzene rings is 1. The minimum atomic E-state index is -4.21. The lowest BCUT2D eigenvalue weighted by Gasteiger charge is -2.39. The largest absolute Gasteiger partial charge is 0.495 e. The van der Waals surface area contributed by atoms with E-state index in [0.717, 1.165) is 11.3 Å². The van der Waals surface area contributed by atoms with Gasteiger partial charge in [0.25, 0.3) is 0 Å². The maximum Gasteiger partial charge on any atom is 0.410 e. The molecule has 180 valence electrons. The number of nitrogen functional groups attached to an aromatic ring is 1. The monoisotopic (exact) mass is 457 g/mol. The van der Waals surface area contributed by atoms with E-state index < -0.39 is 17.7 Å². The number of nitrogens with zero attached hydrogens (tertiary/aromatic N) is 2. The Morgan fingerprint density at radius 3 is 2.31 bits per heavy atom. The van der Waals surface area contributed by atoms with Gasteiger partial charge in [-0.25, -0.2) is 4.79 Å². The third-order valence-electron chi connectivity index (χ3n) is 6.19. The summed E-state index contributed by atoms with van der Waals surface area (Å²) in [7, 11) is 1.50. The van der Waals surface area contributed by atoms with Crippen LogP contribution in [0.25, 0.3) is 0 Å². The minimum absolute atomic E-state index is 0.0691. The highest BCUT2D eigenvalue weighted by molar-refractivity contribution is 5.70. The second-order valence-corrected chi connectivity index (χ2v) is 9.72. The van der Waals surface area contributed by atoms with Crippen molar-refractivity contribution in [1.29, 1.82) is 0 Å². The minimum Gasteiger partial charge on any atom is -0.495 e. The Kier molecular flexibility index (Phi) is 7.05. The smallest absolute Gasteiger partial charge is 0.410 e. The highest BCUT2D eigenvalue weighted by Gasteiger charge is 2.42. The number of hydrogen-bond donors (Lipinski definition) is 1. The van der Waals surface area contributed by atoms with E-state index in [1.54, 1.807) is 11.0 Å². The van der Waals surface area contributed by atoms with Crippen LogP contribution in [0.3, 0.4) is 0 Å². The van der Waals surface area contributed by atoms with E-state index in [2.05, 4.69) is 0 Å². The number of piperidine rings is 2. The van der Waals surface area contributed by atoms with E-state index in [1.807, 2.05) is 31.7 Å². The molecule has 0 aromatic heterocycles. The highest BCUT2D eigenvalue weighted by atomic mass is 19.4. The van der Waals surface area contributed by atoms with Gasteiger partial charge < -0.3 is 25.0 Å². The molecule has 1 amide bonds. The van der Waals surface area contributed by atoms with Crippen LogP contribution in [0.5, 0.6) is 5.75 Å². The van der Waals surface area contributed by atoms with Crippen LogP contribution in [0.1, 0.15) is 57.9 Å². The number of ether oxygens (including phenoxy) is 2. The van der Waals surface area contributed by atoms with Gasteiger partial charge in [-0.3, -0.25) is 0 Å². The third kappa shape index (κ3) is 5.72. The van der Waals surface area contributed by atoms with Crippen molar-refractivity contribution in [3.8, 4) is 5.75 Å². The van der Waals surface area contributed by atoms with E-state index in [4.69, 9.17) is 15.2 Å². The molecule has 2 N–H and O–H groups in total. The van der Waals surface area contributed by atoms with Gasteiger partial charge >= 0.3 is 12.3 Å². The van der Waals surface area contributed by atoms with Gasteiger partial charge in [0.2, 0.25) is 0 Å². The molecule has 0 saturated carbocycles. The average molecular weight is 458 g/mol. The summed E-state index contributed by atoms with van der Waals surface area (Å²) in [5.74, 6) is -0.797.